The highest BCUT2D eigenvalue weighted by molar-refractivity contribution is 6.07. The third-order valence-electron chi connectivity index (χ3n) is 4.62. The summed E-state index contributed by atoms with van der Waals surface area (Å²) in [6.45, 7) is 1.30. The molecule has 0 radical (unpaired) electrons. The lowest BCUT2D eigenvalue weighted by Gasteiger charge is -2.22. The lowest BCUT2D eigenvalue weighted by Crippen LogP contribution is -2.41. The van der Waals surface area contributed by atoms with Gasteiger partial charge in [-0.1, -0.05) is 24.3 Å². The fourth-order valence-electron chi connectivity index (χ4n) is 3.00. The molecule has 0 spiro atoms. The Hall–Kier alpha value is -3.36. The van der Waals surface area contributed by atoms with Crippen LogP contribution in [0.5, 0.6) is 0 Å². The van der Waals surface area contributed by atoms with E-state index in [-0.39, 0.29) is 12.1 Å². The number of carbonyl (C=O) groups excluding carboxylic acids is 3. The second-order valence-electron chi connectivity index (χ2n) is 6.59. The van der Waals surface area contributed by atoms with E-state index in [2.05, 4.69) is 5.32 Å². The third kappa shape index (κ3) is 3.42. The molecule has 1 saturated heterocycles. The molecule has 28 heavy (non-hydrogen) atoms. The molecule has 3 N–H and O–H groups in total. The molecule has 4 amide bonds. The maximum atomic E-state index is 12.9. The van der Waals surface area contributed by atoms with E-state index in [0.717, 1.165) is 17.0 Å². The Balaban J connectivity index is 1.85. The number of hydrogen-bond acceptors (Lipinski definition) is 3. The maximum Gasteiger partial charge on any atom is 0.416 e. The van der Waals surface area contributed by atoms with Crippen LogP contribution in [0.3, 0.4) is 0 Å². The van der Waals surface area contributed by atoms with Crippen LogP contribution < -0.4 is 11.1 Å². The van der Waals surface area contributed by atoms with Gasteiger partial charge in [-0.25, -0.2) is 4.79 Å². The van der Waals surface area contributed by atoms with Crippen molar-refractivity contribution in [1.82, 2.24) is 10.2 Å². The summed E-state index contributed by atoms with van der Waals surface area (Å²) in [7, 11) is 0. The standard InChI is InChI=1S/C19H16F3N3O3/c1-18(14-4-2-3-12(9-14)15(23)26)16(27)25(17(28)24-18)10-11-5-7-13(8-6-11)19(20,21)22/h2-9H,10H2,1H3,(H2,23,26)(H,24,28). The molecule has 1 aliphatic heterocycles. The van der Waals surface area contributed by atoms with Gasteiger partial charge in [0.1, 0.15) is 5.54 Å². The third-order valence-corrected chi connectivity index (χ3v) is 4.62. The first-order chi connectivity index (χ1) is 13.0. The zero-order chi connectivity index (χ0) is 20.7. The maximum absolute atomic E-state index is 12.9. The van der Waals surface area contributed by atoms with Gasteiger partial charge in [-0.2, -0.15) is 13.2 Å². The van der Waals surface area contributed by atoms with Gasteiger partial charge in [0.25, 0.3) is 5.91 Å². The Bertz CT molecular complexity index is 957. The van der Waals surface area contributed by atoms with Gasteiger partial charge < -0.3 is 11.1 Å². The minimum atomic E-state index is -4.47. The second-order valence-corrected chi connectivity index (χ2v) is 6.59. The summed E-state index contributed by atoms with van der Waals surface area (Å²) in [5.41, 5.74) is 3.94. The molecule has 1 aliphatic rings. The molecule has 0 saturated carbocycles. The number of rotatable bonds is 4. The van der Waals surface area contributed by atoms with Crippen LogP contribution in [0.15, 0.2) is 48.5 Å². The molecule has 9 heteroatoms. The van der Waals surface area contributed by atoms with Crippen molar-refractivity contribution in [2.75, 3.05) is 0 Å². The number of halogens is 3. The number of carbonyl (C=O) groups is 3. The number of imide groups is 1. The van der Waals surface area contributed by atoms with Crippen molar-refractivity contribution < 1.29 is 27.6 Å². The largest absolute Gasteiger partial charge is 0.416 e. The summed E-state index contributed by atoms with van der Waals surface area (Å²) in [5, 5.41) is 2.57. The van der Waals surface area contributed by atoms with Gasteiger partial charge in [0.15, 0.2) is 0 Å². The minimum absolute atomic E-state index is 0.182. The summed E-state index contributed by atoms with van der Waals surface area (Å²) in [4.78, 5) is 37.5. The molecule has 2 aromatic rings. The number of alkyl halides is 3. The molecule has 6 nitrogen and oxygen atoms in total. The number of nitrogens with one attached hydrogen (secondary N) is 1. The predicted molar refractivity (Wildman–Crippen MR) is 92.8 cm³/mol. The van der Waals surface area contributed by atoms with Crippen LogP contribution in [0.25, 0.3) is 0 Å². The molecule has 0 aromatic heterocycles. The molecule has 1 fully saturated rings. The monoisotopic (exact) mass is 391 g/mol. The van der Waals surface area contributed by atoms with Crippen molar-refractivity contribution in [3.8, 4) is 0 Å². The van der Waals surface area contributed by atoms with Gasteiger partial charge >= 0.3 is 12.2 Å². The normalized spacial score (nSPS) is 19.6. The smallest absolute Gasteiger partial charge is 0.366 e. The molecule has 146 valence electrons. The summed E-state index contributed by atoms with van der Waals surface area (Å²) in [6.07, 6.45) is -4.47. The molecule has 2 aromatic carbocycles. The van der Waals surface area contributed by atoms with E-state index in [0.29, 0.717) is 11.1 Å². The SMILES string of the molecule is CC1(c2cccc(C(N)=O)c2)NC(=O)N(Cc2ccc(C(F)(F)F)cc2)C1=O. The van der Waals surface area contributed by atoms with E-state index >= 15 is 0 Å². The van der Waals surface area contributed by atoms with Gasteiger partial charge in [-0.3, -0.25) is 14.5 Å². The zero-order valence-electron chi connectivity index (χ0n) is 14.7. The van der Waals surface area contributed by atoms with Gasteiger partial charge in [0.2, 0.25) is 5.91 Å². The van der Waals surface area contributed by atoms with Crippen molar-refractivity contribution in [3.63, 3.8) is 0 Å². The van der Waals surface area contributed by atoms with Gasteiger partial charge in [0, 0.05) is 5.56 Å². The predicted octanol–water partition coefficient (Wildman–Crippen LogP) is 2.77. The van der Waals surface area contributed by atoms with E-state index in [1.807, 2.05) is 0 Å². The Morgan fingerprint density at radius 2 is 1.79 bits per heavy atom. The molecular weight excluding hydrogens is 375 g/mol. The first-order valence-electron chi connectivity index (χ1n) is 8.23. The Kier molecular flexibility index (Phi) is 4.62. The average Bonchev–Trinajstić information content (AvgIpc) is 2.86. The Morgan fingerprint density at radius 3 is 2.36 bits per heavy atom. The number of amides is 4. The van der Waals surface area contributed by atoms with Crippen LogP contribution in [0.2, 0.25) is 0 Å². The quantitative estimate of drug-likeness (QED) is 0.785. The van der Waals surface area contributed by atoms with Crippen molar-refractivity contribution >= 4 is 17.8 Å². The van der Waals surface area contributed by atoms with E-state index in [4.69, 9.17) is 5.73 Å². The summed E-state index contributed by atoms with van der Waals surface area (Å²) >= 11 is 0. The molecular formula is C19H16F3N3O3. The van der Waals surface area contributed by atoms with E-state index in [9.17, 15) is 27.6 Å². The number of nitrogens with two attached hydrogens (primary N) is 1. The molecule has 3 rings (SSSR count). The van der Waals surface area contributed by atoms with Crippen LogP contribution in [-0.2, 0) is 23.1 Å². The van der Waals surface area contributed by atoms with Gasteiger partial charge in [-0.05, 0) is 42.3 Å². The number of primary amides is 1. The van der Waals surface area contributed by atoms with Crippen molar-refractivity contribution in [3.05, 3.63) is 70.8 Å². The lowest BCUT2D eigenvalue weighted by molar-refractivity contribution is -0.137. The fraction of sp³-hybridized carbons (Fsp3) is 0.211. The molecule has 0 aliphatic carbocycles. The first kappa shape index (κ1) is 19.4. The molecule has 1 atom stereocenters. The highest BCUT2D eigenvalue weighted by atomic mass is 19.4. The average molecular weight is 391 g/mol. The Labute approximate surface area is 158 Å². The van der Waals surface area contributed by atoms with Crippen LogP contribution >= 0.6 is 0 Å². The fourth-order valence-corrected chi connectivity index (χ4v) is 3.00. The van der Waals surface area contributed by atoms with Crippen molar-refractivity contribution in [2.45, 2.75) is 25.2 Å². The van der Waals surface area contributed by atoms with Crippen LogP contribution in [0.4, 0.5) is 18.0 Å². The van der Waals surface area contributed by atoms with Crippen molar-refractivity contribution in [2.24, 2.45) is 5.73 Å². The zero-order valence-corrected chi connectivity index (χ0v) is 14.7. The first-order valence-corrected chi connectivity index (χ1v) is 8.23. The van der Waals surface area contributed by atoms with E-state index in [1.54, 1.807) is 12.1 Å². The molecule has 0 bridgehead atoms. The van der Waals surface area contributed by atoms with Crippen LogP contribution in [0.1, 0.15) is 34.0 Å². The summed E-state index contributed by atoms with van der Waals surface area (Å²) in [6, 6.07) is 9.55. The van der Waals surface area contributed by atoms with E-state index < -0.39 is 35.1 Å². The van der Waals surface area contributed by atoms with Crippen LogP contribution in [0, 0.1) is 0 Å². The number of nitrogens with zero attached hydrogens (tertiary/aromatic N) is 1. The molecule has 1 heterocycles. The Morgan fingerprint density at radius 1 is 1.14 bits per heavy atom. The summed E-state index contributed by atoms with van der Waals surface area (Å²) in [5.74, 6) is -1.26. The highest BCUT2D eigenvalue weighted by Crippen LogP contribution is 2.32. The van der Waals surface area contributed by atoms with Gasteiger partial charge in [-0.15, -0.1) is 0 Å². The highest BCUT2D eigenvalue weighted by Gasteiger charge is 2.49. The topological polar surface area (TPSA) is 92.5 Å². The lowest BCUT2D eigenvalue weighted by atomic mass is 9.90. The number of benzene rings is 2. The summed E-state index contributed by atoms with van der Waals surface area (Å²) < 4.78 is 38.0. The minimum Gasteiger partial charge on any atom is -0.366 e. The number of hydrogen-bond donors (Lipinski definition) is 2. The van der Waals surface area contributed by atoms with Gasteiger partial charge in [0.05, 0.1) is 12.1 Å². The number of urea groups is 1. The van der Waals surface area contributed by atoms with Crippen molar-refractivity contribution in [1.29, 1.82) is 0 Å². The second kappa shape index (κ2) is 6.66. The van der Waals surface area contributed by atoms with Crippen LogP contribution in [-0.4, -0.2) is 22.7 Å². The molecule has 1 unspecified atom stereocenters. The van der Waals surface area contributed by atoms with E-state index in [1.165, 1.54) is 31.2 Å².